The van der Waals surface area contributed by atoms with E-state index in [2.05, 4.69) is 5.32 Å². The summed E-state index contributed by atoms with van der Waals surface area (Å²) in [6.45, 7) is 2.59. The molecule has 0 saturated carbocycles. The van der Waals surface area contributed by atoms with E-state index in [1.54, 1.807) is 42.5 Å². The maximum absolute atomic E-state index is 12.3. The maximum atomic E-state index is 12.3. The first-order chi connectivity index (χ1) is 13.9. The van der Waals surface area contributed by atoms with E-state index in [0.29, 0.717) is 41.7 Å². The summed E-state index contributed by atoms with van der Waals surface area (Å²) in [5, 5.41) is 2.79. The highest BCUT2D eigenvalue weighted by atomic mass is 32.2. The highest BCUT2D eigenvalue weighted by molar-refractivity contribution is 7.92. The van der Waals surface area contributed by atoms with Crippen LogP contribution >= 0.6 is 0 Å². The van der Waals surface area contributed by atoms with Gasteiger partial charge in [0.1, 0.15) is 5.75 Å². The van der Waals surface area contributed by atoms with Gasteiger partial charge >= 0.3 is 0 Å². The molecule has 1 amide bonds. The highest BCUT2D eigenvalue weighted by Gasteiger charge is 2.21. The van der Waals surface area contributed by atoms with Crippen molar-refractivity contribution in [3.8, 4) is 17.2 Å². The maximum Gasteiger partial charge on any atom is 0.232 e. The molecule has 0 radical (unpaired) electrons. The lowest BCUT2D eigenvalue weighted by Gasteiger charge is -2.24. The molecule has 0 atom stereocenters. The quantitative estimate of drug-likeness (QED) is 0.670. The van der Waals surface area contributed by atoms with Crippen LogP contribution in [0.1, 0.15) is 19.8 Å². The molecule has 0 aliphatic carbocycles. The summed E-state index contributed by atoms with van der Waals surface area (Å²) >= 11 is 0. The number of anilines is 2. The first-order valence-electron chi connectivity index (χ1n) is 9.27. The first-order valence-corrected chi connectivity index (χ1v) is 11.1. The predicted octanol–water partition coefficient (Wildman–Crippen LogP) is 3.00. The Labute approximate surface area is 170 Å². The van der Waals surface area contributed by atoms with Crippen LogP contribution in [0.4, 0.5) is 11.4 Å². The van der Waals surface area contributed by atoms with Gasteiger partial charge in [-0.2, -0.15) is 0 Å². The minimum Gasteiger partial charge on any atom is -0.492 e. The van der Waals surface area contributed by atoms with Crippen molar-refractivity contribution < 1.29 is 27.4 Å². The second-order valence-electron chi connectivity index (χ2n) is 6.46. The lowest BCUT2D eigenvalue weighted by molar-refractivity contribution is -0.116. The number of hydrogen-bond acceptors (Lipinski definition) is 6. The van der Waals surface area contributed by atoms with E-state index < -0.39 is 10.0 Å². The molecule has 8 nitrogen and oxygen atoms in total. The Hall–Kier alpha value is -2.94. The van der Waals surface area contributed by atoms with Crippen molar-refractivity contribution >= 4 is 27.3 Å². The molecule has 0 unspecified atom stereocenters. The number of carbonyl (C=O) groups excluding carboxylic acids is 1. The van der Waals surface area contributed by atoms with Crippen molar-refractivity contribution in [2.45, 2.75) is 19.8 Å². The Bertz CT molecular complexity index is 977. The van der Waals surface area contributed by atoms with Crippen LogP contribution in [-0.2, 0) is 14.8 Å². The third-order valence-electron chi connectivity index (χ3n) is 4.26. The van der Waals surface area contributed by atoms with Gasteiger partial charge in [-0.3, -0.25) is 9.10 Å². The van der Waals surface area contributed by atoms with Crippen molar-refractivity contribution in [3.05, 3.63) is 42.5 Å². The summed E-state index contributed by atoms with van der Waals surface area (Å²) in [5.74, 6) is 1.50. The molecule has 0 saturated heterocycles. The van der Waals surface area contributed by atoms with E-state index in [1.165, 1.54) is 4.31 Å². The normalized spacial score (nSPS) is 12.5. The van der Waals surface area contributed by atoms with Crippen molar-refractivity contribution in [1.82, 2.24) is 0 Å². The first kappa shape index (κ1) is 20.8. The standard InChI is InChI=1S/C20H24N2O6S/c1-3-26-17-8-5-4-7-16(17)22(29(2,24)25)12-6-9-20(23)21-15-10-11-18-19(13-15)28-14-27-18/h4-5,7-8,10-11,13H,3,6,9,12,14H2,1-2H3,(H,21,23). The zero-order valence-corrected chi connectivity index (χ0v) is 17.2. The van der Waals surface area contributed by atoms with Gasteiger partial charge in [-0.15, -0.1) is 0 Å². The number of sulfonamides is 1. The number of para-hydroxylation sites is 2. The van der Waals surface area contributed by atoms with Crippen LogP contribution in [0.25, 0.3) is 0 Å². The number of nitrogens with zero attached hydrogens (tertiary/aromatic N) is 1. The van der Waals surface area contributed by atoms with Crippen LogP contribution in [0.5, 0.6) is 17.2 Å². The predicted molar refractivity (Wildman–Crippen MR) is 110 cm³/mol. The average Bonchev–Trinajstić information content (AvgIpc) is 3.13. The largest absolute Gasteiger partial charge is 0.492 e. The van der Waals surface area contributed by atoms with Gasteiger partial charge in [0.25, 0.3) is 0 Å². The summed E-state index contributed by atoms with van der Waals surface area (Å²) in [7, 11) is -3.53. The molecule has 1 aliphatic heterocycles. The van der Waals surface area contributed by atoms with Gasteiger partial charge < -0.3 is 19.5 Å². The smallest absolute Gasteiger partial charge is 0.232 e. The van der Waals surface area contributed by atoms with Crippen LogP contribution in [0.15, 0.2) is 42.5 Å². The lowest BCUT2D eigenvalue weighted by atomic mass is 10.2. The van der Waals surface area contributed by atoms with Crippen LogP contribution < -0.4 is 23.8 Å². The third-order valence-corrected chi connectivity index (χ3v) is 5.44. The molecule has 29 heavy (non-hydrogen) atoms. The zero-order valence-electron chi connectivity index (χ0n) is 16.4. The van der Waals surface area contributed by atoms with Gasteiger partial charge in [0.2, 0.25) is 22.7 Å². The van der Waals surface area contributed by atoms with Gasteiger partial charge in [0.15, 0.2) is 11.5 Å². The van der Waals surface area contributed by atoms with Crippen molar-refractivity contribution in [1.29, 1.82) is 0 Å². The number of nitrogens with one attached hydrogen (secondary N) is 1. The van der Waals surface area contributed by atoms with E-state index in [-0.39, 0.29) is 25.7 Å². The summed E-state index contributed by atoms with van der Waals surface area (Å²) < 4.78 is 42.0. The second kappa shape index (κ2) is 9.04. The SMILES string of the molecule is CCOc1ccccc1N(CCCC(=O)Nc1ccc2c(c1)OCO2)S(C)(=O)=O. The molecule has 0 aromatic heterocycles. The molecule has 1 aliphatic rings. The molecule has 2 aromatic rings. The molecule has 1 N–H and O–H groups in total. The van der Waals surface area contributed by atoms with Gasteiger partial charge in [0, 0.05) is 24.7 Å². The molecule has 1 heterocycles. The number of carbonyl (C=O) groups is 1. The summed E-state index contributed by atoms with van der Waals surface area (Å²) in [6.07, 6.45) is 1.66. The number of benzene rings is 2. The number of hydrogen-bond donors (Lipinski definition) is 1. The van der Waals surface area contributed by atoms with Gasteiger partial charge in [0.05, 0.1) is 18.6 Å². The number of fused-ring (bicyclic) bond motifs is 1. The van der Waals surface area contributed by atoms with Crippen LogP contribution in [-0.4, -0.2) is 40.5 Å². The van der Waals surface area contributed by atoms with E-state index in [9.17, 15) is 13.2 Å². The molecule has 156 valence electrons. The van der Waals surface area contributed by atoms with Gasteiger partial charge in [-0.25, -0.2) is 8.42 Å². The average molecular weight is 420 g/mol. The minimum atomic E-state index is -3.53. The second-order valence-corrected chi connectivity index (χ2v) is 8.36. The Morgan fingerprint density at radius 3 is 2.69 bits per heavy atom. The summed E-state index contributed by atoms with van der Waals surface area (Å²) in [5.41, 5.74) is 1.06. The van der Waals surface area contributed by atoms with Crippen LogP contribution in [0, 0.1) is 0 Å². The monoisotopic (exact) mass is 420 g/mol. The van der Waals surface area contributed by atoms with Gasteiger partial charge in [-0.1, -0.05) is 12.1 Å². The highest BCUT2D eigenvalue weighted by Crippen LogP contribution is 2.34. The number of ether oxygens (including phenoxy) is 3. The Morgan fingerprint density at radius 2 is 1.93 bits per heavy atom. The van der Waals surface area contributed by atoms with Crippen LogP contribution in [0.3, 0.4) is 0 Å². The fourth-order valence-corrected chi connectivity index (χ4v) is 3.96. The Kier molecular flexibility index (Phi) is 6.48. The van der Waals surface area contributed by atoms with Crippen molar-refractivity contribution in [3.63, 3.8) is 0 Å². The molecule has 0 bridgehead atoms. The summed E-state index contributed by atoms with van der Waals surface area (Å²) in [4.78, 5) is 12.3. The van der Waals surface area contributed by atoms with E-state index >= 15 is 0 Å². The van der Waals surface area contributed by atoms with Gasteiger partial charge in [-0.05, 0) is 37.6 Å². The molecular formula is C20H24N2O6S. The van der Waals surface area contributed by atoms with Crippen molar-refractivity contribution in [2.24, 2.45) is 0 Å². The molecular weight excluding hydrogens is 396 g/mol. The van der Waals surface area contributed by atoms with Crippen molar-refractivity contribution in [2.75, 3.05) is 35.8 Å². The van der Waals surface area contributed by atoms with E-state index in [1.807, 2.05) is 6.92 Å². The lowest BCUT2D eigenvalue weighted by Crippen LogP contribution is -2.31. The topological polar surface area (TPSA) is 94.2 Å². The minimum absolute atomic E-state index is 0.164. The van der Waals surface area contributed by atoms with E-state index in [4.69, 9.17) is 14.2 Å². The zero-order chi connectivity index (χ0) is 20.9. The molecule has 3 rings (SSSR count). The third kappa shape index (κ3) is 5.32. The molecule has 9 heteroatoms. The fourth-order valence-electron chi connectivity index (χ4n) is 2.99. The number of amides is 1. The summed E-state index contributed by atoms with van der Waals surface area (Å²) in [6, 6.07) is 12.1. The Balaban J connectivity index is 1.61. The Morgan fingerprint density at radius 1 is 1.17 bits per heavy atom. The molecule has 0 fully saturated rings. The van der Waals surface area contributed by atoms with Crippen LogP contribution in [0.2, 0.25) is 0 Å². The van der Waals surface area contributed by atoms with E-state index in [0.717, 1.165) is 6.26 Å². The number of rotatable bonds is 9. The fraction of sp³-hybridized carbons (Fsp3) is 0.350. The molecule has 0 spiro atoms. The molecule has 2 aromatic carbocycles.